The molecule has 0 aliphatic carbocycles. The molecule has 1 aliphatic rings. The molecule has 172 valence electrons. The fourth-order valence-electron chi connectivity index (χ4n) is 4.31. The van der Waals surface area contributed by atoms with Crippen molar-refractivity contribution in [3.8, 4) is 17.7 Å². The molecule has 4 aromatic rings. The predicted molar refractivity (Wildman–Crippen MR) is 123 cm³/mol. The Kier molecular flexibility index (Phi) is 5.87. The number of hydrogen-bond acceptors (Lipinski definition) is 7. The smallest absolute Gasteiger partial charge is 0.266 e. The molecular formula is C25H24N6O3. The highest BCUT2D eigenvalue weighted by atomic mass is 16.4. The molecule has 1 amide bonds. The fraction of sp³-hybridized carbons (Fsp3) is 0.280. The van der Waals surface area contributed by atoms with E-state index in [-0.39, 0.29) is 29.5 Å². The van der Waals surface area contributed by atoms with Gasteiger partial charge in [-0.15, -0.1) is 0 Å². The largest absolute Gasteiger partial charge is 0.459 e. The molecule has 1 saturated heterocycles. The minimum atomic E-state index is -0.331. The number of carbonyl (C=O) groups excluding carboxylic acids is 1. The van der Waals surface area contributed by atoms with Crippen LogP contribution in [0.5, 0.6) is 0 Å². The van der Waals surface area contributed by atoms with E-state index in [0.717, 1.165) is 11.4 Å². The molecule has 3 aromatic heterocycles. The Hall–Kier alpha value is -4.32. The van der Waals surface area contributed by atoms with E-state index in [0.29, 0.717) is 37.6 Å². The van der Waals surface area contributed by atoms with Gasteiger partial charge in [-0.1, -0.05) is 30.3 Å². The third kappa shape index (κ3) is 4.18. The number of anilines is 1. The Labute approximate surface area is 196 Å². The second kappa shape index (κ2) is 9.27. The molecule has 9 nitrogen and oxygen atoms in total. The number of aromatic nitrogens is 3. The number of hydrogen-bond donors (Lipinski definition) is 1. The Balaban J connectivity index is 1.28. The van der Waals surface area contributed by atoms with Crippen LogP contribution in [0.1, 0.15) is 36.0 Å². The third-order valence-corrected chi connectivity index (χ3v) is 6.14. The molecule has 5 rings (SSSR count). The van der Waals surface area contributed by atoms with Crippen LogP contribution in [-0.4, -0.2) is 33.5 Å². The number of benzene rings is 1. The molecule has 1 aromatic carbocycles. The second-order valence-electron chi connectivity index (χ2n) is 8.27. The van der Waals surface area contributed by atoms with Crippen LogP contribution in [-0.2, 0) is 11.8 Å². The number of carbonyl (C=O) groups is 1. The van der Waals surface area contributed by atoms with E-state index >= 15 is 0 Å². The second-order valence-corrected chi connectivity index (χ2v) is 8.27. The van der Waals surface area contributed by atoms with Crippen molar-refractivity contribution in [2.24, 2.45) is 13.0 Å². The highest BCUT2D eigenvalue weighted by Crippen LogP contribution is 2.31. The monoisotopic (exact) mass is 456 g/mol. The van der Waals surface area contributed by atoms with E-state index in [9.17, 15) is 10.1 Å². The maximum absolute atomic E-state index is 13.2. The average molecular weight is 457 g/mol. The van der Waals surface area contributed by atoms with E-state index in [1.807, 2.05) is 53.0 Å². The van der Waals surface area contributed by atoms with Gasteiger partial charge < -0.3 is 23.6 Å². The normalized spacial score (nSPS) is 15.1. The Morgan fingerprint density at radius 2 is 2.00 bits per heavy atom. The lowest BCUT2D eigenvalue weighted by Crippen LogP contribution is -2.42. The van der Waals surface area contributed by atoms with Gasteiger partial charge in [0.1, 0.15) is 17.9 Å². The molecule has 0 spiro atoms. The van der Waals surface area contributed by atoms with Crippen molar-refractivity contribution in [1.82, 2.24) is 19.9 Å². The van der Waals surface area contributed by atoms with Crippen LogP contribution < -0.4 is 10.2 Å². The highest BCUT2D eigenvalue weighted by molar-refractivity contribution is 5.80. The van der Waals surface area contributed by atoms with Crippen LogP contribution >= 0.6 is 0 Å². The van der Waals surface area contributed by atoms with Gasteiger partial charge in [0, 0.05) is 38.4 Å². The van der Waals surface area contributed by atoms with Gasteiger partial charge in [-0.3, -0.25) is 4.79 Å². The van der Waals surface area contributed by atoms with Gasteiger partial charge >= 0.3 is 0 Å². The van der Waals surface area contributed by atoms with E-state index in [1.165, 1.54) is 6.26 Å². The third-order valence-electron chi connectivity index (χ3n) is 6.14. The molecule has 4 heterocycles. The molecule has 9 heteroatoms. The van der Waals surface area contributed by atoms with Crippen molar-refractivity contribution in [1.29, 1.82) is 5.26 Å². The topological polar surface area (TPSA) is 113 Å². The number of nitrogens with zero attached hydrogens (tertiary/aromatic N) is 5. The first-order valence-electron chi connectivity index (χ1n) is 11.2. The van der Waals surface area contributed by atoms with Crippen LogP contribution in [0.25, 0.3) is 11.7 Å². The van der Waals surface area contributed by atoms with Gasteiger partial charge in [0.05, 0.1) is 6.26 Å². The molecule has 1 atom stereocenters. The number of aryl methyl sites for hydroxylation is 1. The van der Waals surface area contributed by atoms with Gasteiger partial charge in [0.25, 0.3) is 5.89 Å². The SMILES string of the molecule is Cn1ccnc1C(NC(=O)C1CCN(c2oc(-c3ccco3)nc2C#N)CC1)c1ccccc1. The first-order valence-corrected chi connectivity index (χ1v) is 11.2. The highest BCUT2D eigenvalue weighted by Gasteiger charge is 2.31. The summed E-state index contributed by atoms with van der Waals surface area (Å²) in [7, 11) is 1.92. The summed E-state index contributed by atoms with van der Waals surface area (Å²) in [5.41, 5.74) is 1.20. The van der Waals surface area contributed by atoms with Crippen LogP contribution in [0, 0.1) is 17.2 Å². The lowest BCUT2D eigenvalue weighted by atomic mass is 9.95. The molecule has 1 N–H and O–H groups in total. The van der Waals surface area contributed by atoms with Gasteiger partial charge in [-0.2, -0.15) is 10.2 Å². The molecule has 1 aliphatic heterocycles. The summed E-state index contributed by atoms with van der Waals surface area (Å²) in [6, 6.07) is 15.1. The lowest BCUT2D eigenvalue weighted by molar-refractivity contribution is -0.126. The van der Waals surface area contributed by atoms with Crippen molar-refractivity contribution in [2.45, 2.75) is 18.9 Å². The number of nitriles is 1. The Bertz CT molecular complexity index is 1290. The van der Waals surface area contributed by atoms with Crippen molar-refractivity contribution in [3.05, 3.63) is 78.2 Å². The average Bonchev–Trinajstić information content (AvgIpc) is 3.64. The maximum atomic E-state index is 13.2. The minimum absolute atomic E-state index is 0.00847. The molecule has 1 fully saturated rings. The first-order chi connectivity index (χ1) is 16.6. The quantitative estimate of drug-likeness (QED) is 0.471. The zero-order valence-electron chi connectivity index (χ0n) is 18.7. The van der Waals surface area contributed by atoms with Crippen LogP contribution in [0.3, 0.4) is 0 Å². The molecule has 0 bridgehead atoms. The van der Waals surface area contributed by atoms with Crippen molar-refractivity contribution >= 4 is 11.8 Å². The minimum Gasteiger partial charge on any atom is -0.459 e. The summed E-state index contributed by atoms with van der Waals surface area (Å²) in [4.78, 5) is 23.9. The summed E-state index contributed by atoms with van der Waals surface area (Å²) in [6.07, 6.45) is 6.41. The van der Waals surface area contributed by atoms with Crippen LogP contribution in [0.4, 0.5) is 5.88 Å². The van der Waals surface area contributed by atoms with Crippen LogP contribution in [0.2, 0.25) is 0 Å². The van der Waals surface area contributed by atoms with E-state index in [2.05, 4.69) is 21.4 Å². The van der Waals surface area contributed by atoms with Crippen molar-refractivity contribution in [2.75, 3.05) is 18.0 Å². The molecule has 1 unspecified atom stereocenters. The summed E-state index contributed by atoms with van der Waals surface area (Å²) in [6.45, 7) is 1.16. The lowest BCUT2D eigenvalue weighted by Gasteiger charge is -2.32. The molecule has 0 saturated carbocycles. The van der Waals surface area contributed by atoms with Crippen LogP contribution in [0.15, 0.2) is 70.0 Å². The maximum Gasteiger partial charge on any atom is 0.266 e. The number of imidazole rings is 1. The van der Waals surface area contributed by atoms with E-state index < -0.39 is 0 Å². The fourth-order valence-corrected chi connectivity index (χ4v) is 4.31. The van der Waals surface area contributed by atoms with Crippen molar-refractivity contribution in [3.63, 3.8) is 0 Å². The van der Waals surface area contributed by atoms with E-state index in [4.69, 9.17) is 8.83 Å². The van der Waals surface area contributed by atoms with Crippen molar-refractivity contribution < 1.29 is 13.6 Å². The molecule has 34 heavy (non-hydrogen) atoms. The summed E-state index contributed by atoms with van der Waals surface area (Å²) in [5.74, 6) is 1.78. The zero-order valence-corrected chi connectivity index (χ0v) is 18.7. The molecular weight excluding hydrogens is 432 g/mol. The number of piperidine rings is 1. The standard InChI is InChI=1S/C25H24N6O3/c1-30-14-11-27-22(30)21(17-6-3-2-4-7-17)29-23(32)18-9-12-31(13-10-18)25-19(16-26)28-24(34-25)20-8-5-15-33-20/h2-8,11,14-15,18,21H,9-10,12-13H2,1H3,(H,29,32). The number of rotatable bonds is 6. The van der Waals surface area contributed by atoms with Gasteiger partial charge in [-0.25, -0.2) is 4.98 Å². The number of oxazole rings is 1. The van der Waals surface area contributed by atoms with E-state index in [1.54, 1.807) is 18.3 Å². The van der Waals surface area contributed by atoms with Gasteiger partial charge in [0.2, 0.25) is 17.5 Å². The van der Waals surface area contributed by atoms with Gasteiger partial charge in [-0.05, 0) is 30.5 Å². The number of furan rings is 1. The number of amides is 1. The Morgan fingerprint density at radius 3 is 2.65 bits per heavy atom. The molecule has 0 radical (unpaired) electrons. The Morgan fingerprint density at radius 1 is 1.21 bits per heavy atom. The number of nitrogens with one attached hydrogen (secondary N) is 1. The summed E-state index contributed by atoms with van der Waals surface area (Å²) >= 11 is 0. The predicted octanol–water partition coefficient (Wildman–Crippen LogP) is 3.66. The first kappa shape index (κ1) is 21.5. The summed E-state index contributed by atoms with van der Waals surface area (Å²) < 4.78 is 13.1. The zero-order chi connectivity index (χ0) is 23.5. The van der Waals surface area contributed by atoms with Gasteiger partial charge in [0.15, 0.2) is 5.76 Å². The summed E-state index contributed by atoms with van der Waals surface area (Å²) in [5, 5.41) is 12.7.